The van der Waals surface area contributed by atoms with Crippen LogP contribution in [-0.2, 0) is 22.6 Å². The summed E-state index contributed by atoms with van der Waals surface area (Å²) in [6.45, 7) is 5.13. The van der Waals surface area contributed by atoms with Gasteiger partial charge in [-0.2, -0.15) is 5.10 Å². The molecule has 0 bridgehead atoms. The Morgan fingerprint density at radius 2 is 1.97 bits per heavy atom. The van der Waals surface area contributed by atoms with Gasteiger partial charge in [-0.15, -0.1) is 0 Å². The van der Waals surface area contributed by atoms with Crippen LogP contribution in [0.15, 0.2) is 49.1 Å². The van der Waals surface area contributed by atoms with Crippen LogP contribution in [0.4, 0.5) is 5.69 Å². The number of pyridine rings is 1. The van der Waals surface area contributed by atoms with E-state index < -0.39 is 0 Å². The number of nitrogens with zero attached hydrogens (tertiary/aromatic N) is 4. The summed E-state index contributed by atoms with van der Waals surface area (Å²) >= 11 is 0. The van der Waals surface area contributed by atoms with E-state index in [9.17, 15) is 0 Å². The summed E-state index contributed by atoms with van der Waals surface area (Å²) in [6, 6.07) is 8.47. The van der Waals surface area contributed by atoms with Gasteiger partial charge in [-0.1, -0.05) is 12.1 Å². The zero-order valence-electron chi connectivity index (χ0n) is 18.5. The molecule has 1 N–H and O–H groups in total. The largest absolute Gasteiger partial charge is 0.497 e. The summed E-state index contributed by atoms with van der Waals surface area (Å²) < 4.78 is 18.8. The van der Waals surface area contributed by atoms with Crippen LogP contribution < -0.4 is 10.1 Å². The van der Waals surface area contributed by atoms with Crippen molar-refractivity contribution in [3.8, 4) is 5.75 Å². The van der Waals surface area contributed by atoms with Crippen LogP contribution in [0, 0.1) is 0 Å². The Morgan fingerprint density at radius 3 is 2.72 bits per heavy atom. The fourth-order valence-electron chi connectivity index (χ4n) is 4.34. The van der Waals surface area contributed by atoms with E-state index in [1.165, 1.54) is 5.56 Å². The van der Waals surface area contributed by atoms with E-state index in [0.717, 1.165) is 60.6 Å². The molecular formula is C24H29N5O3. The van der Waals surface area contributed by atoms with Gasteiger partial charge in [-0.05, 0) is 37.5 Å². The molecule has 2 aliphatic heterocycles. The molecule has 5 rings (SSSR count). The Balaban J connectivity index is 1.47. The molecule has 1 unspecified atom stereocenters. The maximum atomic E-state index is 6.07. The molecule has 2 aromatic heterocycles. The summed E-state index contributed by atoms with van der Waals surface area (Å²) in [4.78, 5) is 6.94. The molecule has 168 valence electrons. The highest BCUT2D eigenvalue weighted by Crippen LogP contribution is 2.38. The van der Waals surface area contributed by atoms with Gasteiger partial charge >= 0.3 is 0 Å². The van der Waals surface area contributed by atoms with E-state index in [1.807, 2.05) is 35.4 Å². The molecule has 0 amide bonds. The van der Waals surface area contributed by atoms with Crippen molar-refractivity contribution in [2.45, 2.75) is 45.1 Å². The first-order valence-electron chi connectivity index (χ1n) is 11.2. The third kappa shape index (κ3) is 3.98. The molecule has 0 radical (unpaired) electrons. The topological polar surface area (TPSA) is 73.7 Å². The van der Waals surface area contributed by atoms with Gasteiger partial charge in [0.1, 0.15) is 12.0 Å². The number of aromatic nitrogens is 3. The maximum Gasteiger partial charge on any atom is 0.201 e. The van der Waals surface area contributed by atoms with Gasteiger partial charge in [0.25, 0.3) is 0 Å². The second-order valence-electron chi connectivity index (χ2n) is 8.11. The van der Waals surface area contributed by atoms with Crippen LogP contribution >= 0.6 is 0 Å². The lowest BCUT2D eigenvalue weighted by Crippen LogP contribution is -2.29. The van der Waals surface area contributed by atoms with Gasteiger partial charge in [-0.3, -0.25) is 0 Å². The fourth-order valence-corrected chi connectivity index (χ4v) is 4.34. The molecule has 0 saturated carbocycles. The number of aryl methyl sites for hydroxylation is 1. The van der Waals surface area contributed by atoms with Crippen molar-refractivity contribution in [3.05, 3.63) is 60.2 Å². The predicted octanol–water partition coefficient (Wildman–Crippen LogP) is 4.05. The van der Waals surface area contributed by atoms with Gasteiger partial charge in [-0.25, -0.2) is 9.67 Å². The first kappa shape index (κ1) is 20.6. The third-order valence-corrected chi connectivity index (χ3v) is 6.12. The van der Waals surface area contributed by atoms with E-state index in [-0.39, 0.29) is 6.23 Å². The summed E-state index contributed by atoms with van der Waals surface area (Å²) in [6.07, 6.45) is 9.28. The molecule has 0 aliphatic carbocycles. The second kappa shape index (κ2) is 9.08. The molecule has 8 nitrogen and oxygen atoms in total. The number of benzene rings is 1. The highest BCUT2D eigenvalue weighted by atomic mass is 16.5. The molecule has 1 atom stereocenters. The highest BCUT2D eigenvalue weighted by Gasteiger charge is 2.29. The quantitative estimate of drug-likeness (QED) is 0.600. The van der Waals surface area contributed by atoms with Crippen molar-refractivity contribution in [1.29, 1.82) is 0 Å². The van der Waals surface area contributed by atoms with Gasteiger partial charge in [0.2, 0.25) is 6.23 Å². The summed E-state index contributed by atoms with van der Waals surface area (Å²) in [5, 5.41) is 9.35. The van der Waals surface area contributed by atoms with Crippen molar-refractivity contribution >= 4 is 16.7 Å². The Bertz CT molecular complexity index is 1090. The monoisotopic (exact) mass is 435 g/mol. The Hall–Kier alpha value is -3.26. The molecule has 1 fully saturated rings. The minimum Gasteiger partial charge on any atom is -0.497 e. The number of nitrogens with one attached hydrogen (secondary N) is 1. The van der Waals surface area contributed by atoms with Crippen LogP contribution in [0.3, 0.4) is 0 Å². The molecule has 4 heterocycles. The fraction of sp³-hybridized carbons (Fsp3) is 0.417. The number of fused-ring (bicyclic) bond motifs is 1. The molecule has 2 aliphatic rings. The van der Waals surface area contributed by atoms with E-state index in [1.54, 1.807) is 13.4 Å². The third-order valence-electron chi connectivity index (χ3n) is 6.12. The smallest absolute Gasteiger partial charge is 0.201 e. The molecule has 1 saturated heterocycles. The first-order chi connectivity index (χ1) is 15.8. The van der Waals surface area contributed by atoms with Crippen molar-refractivity contribution in [2.75, 3.05) is 25.6 Å². The maximum absolute atomic E-state index is 6.07. The van der Waals surface area contributed by atoms with Crippen molar-refractivity contribution in [1.82, 2.24) is 19.7 Å². The molecule has 32 heavy (non-hydrogen) atoms. The molecule has 1 aromatic carbocycles. The van der Waals surface area contributed by atoms with Crippen LogP contribution in [0.25, 0.3) is 11.0 Å². The second-order valence-corrected chi connectivity index (χ2v) is 8.11. The van der Waals surface area contributed by atoms with Gasteiger partial charge in [0.15, 0.2) is 5.65 Å². The van der Waals surface area contributed by atoms with Crippen LogP contribution in [-0.4, -0.2) is 46.0 Å². The number of hydrogen-bond acceptors (Lipinski definition) is 7. The molecular weight excluding hydrogens is 406 g/mol. The van der Waals surface area contributed by atoms with E-state index in [4.69, 9.17) is 19.2 Å². The number of methoxy groups -OCH3 is 1. The van der Waals surface area contributed by atoms with Crippen molar-refractivity contribution in [3.63, 3.8) is 0 Å². The highest BCUT2D eigenvalue weighted by molar-refractivity contribution is 5.91. The SMILES string of the molecule is CCn1ncc2c(NC3CCOCC3)c(C3OC=CN3Cc3ccc(OC)cc3)cnc21. The standard InChI is InChI=1S/C24H29N5O3/c1-3-29-23-20(15-26-29)22(27-18-8-11-31-12-9-18)21(14-25-23)24-28(10-13-32-24)16-17-4-6-19(30-2)7-5-17/h4-7,10,13-15,18,24H,3,8-9,11-12,16H2,1-2H3,(H,25,27). The average Bonchev–Trinajstić information content (AvgIpc) is 3.47. The summed E-state index contributed by atoms with van der Waals surface area (Å²) in [5.74, 6) is 0.851. The lowest BCUT2D eigenvalue weighted by atomic mass is 10.1. The zero-order chi connectivity index (χ0) is 21.9. The number of anilines is 1. The number of hydrogen-bond donors (Lipinski definition) is 1. The van der Waals surface area contributed by atoms with Crippen LogP contribution in [0.2, 0.25) is 0 Å². The first-order valence-corrected chi connectivity index (χ1v) is 11.2. The summed E-state index contributed by atoms with van der Waals surface area (Å²) in [7, 11) is 1.68. The number of ether oxygens (including phenoxy) is 3. The van der Waals surface area contributed by atoms with Crippen LogP contribution in [0.5, 0.6) is 5.75 Å². The minimum atomic E-state index is -0.263. The minimum absolute atomic E-state index is 0.263. The zero-order valence-corrected chi connectivity index (χ0v) is 18.5. The van der Waals surface area contributed by atoms with Crippen molar-refractivity contribution in [2.24, 2.45) is 0 Å². The number of rotatable bonds is 7. The lowest BCUT2D eigenvalue weighted by Gasteiger charge is -2.29. The Kier molecular flexibility index (Phi) is 5.85. The Morgan fingerprint density at radius 1 is 1.16 bits per heavy atom. The van der Waals surface area contributed by atoms with Crippen LogP contribution in [0.1, 0.15) is 37.1 Å². The van der Waals surface area contributed by atoms with E-state index in [0.29, 0.717) is 12.6 Å². The van der Waals surface area contributed by atoms with Gasteiger partial charge in [0.05, 0.1) is 29.9 Å². The molecule has 3 aromatic rings. The normalized spacial score (nSPS) is 18.8. The Labute approximate surface area is 187 Å². The lowest BCUT2D eigenvalue weighted by molar-refractivity contribution is 0.0525. The van der Waals surface area contributed by atoms with Gasteiger partial charge < -0.3 is 24.4 Å². The average molecular weight is 436 g/mol. The molecule has 0 spiro atoms. The summed E-state index contributed by atoms with van der Waals surface area (Å²) in [5.41, 5.74) is 4.13. The van der Waals surface area contributed by atoms with Crippen molar-refractivity contribution < 1.29 is 14.2 Å². The molecule has 8 heteroatoms. The van der Waals surface area contributed by atoms with E-state index in [2.05, 4.69) is 34.4 Å². The van der Waals surface area contributed by atoms with Gasteiger partial charge in [0, 0.05) is 44.7 Å². The predicted molar refractivity (Wildman–Crippen MR) is 122 cm³/mol. The van der Waals surface area contributed by atoms with E-state index >= 15 is 0 Å².